The van der Waals surface area contributed by atoms with E-state index in [2.05, 4.69) is 30.3 Å². The van der Waals surface area contributed by atoms with E-state index >= 15 is 0 Å². The second kappa shape index (κ2) is 5.94. The van der Waals surface area contributed by atoms with Crippen LogP contribution in [0.3, 0.4) is 0 Å². The first-order valence-electron chi connectivity index (χ1n) is 7.56. The van der Waals surface area contributed by atoms with Crippen molar-refractivity contribution in [2.75, 3.05) is 5.73 Å². The molecule has 0 radical (unpaired) electrons. The standard InChI is InChI=1S/C18H19N3S/c1-21-17(20)16(11-19)14-8-7-13(10-15(14)18(21)22)9-12-5-3-2-4-6-12/h2-6,13H,7-10,20H2,1H3/t13-/m1/s1. The molecular weight excluding hydrogens is 290 g/mol. The number of nitriles is 1. The zero-order valence-electron chi connectivity index (χ0n) is 12.7. The van der Waals surface area contributed by atoms with Gasteiger partial charge in [0, 0.05) is 7.05 Å². The maximum Gasteiger partial charge on any atom is 0.122 e. The fourth-order valence-electron chi connectivity index (χ4n) is 3.39. The van der Waals surface area contributed by atoms with Gasteiger partial charge in [-0.25, -0.2) is 0 Å². The summed E-state index contributed by atoms with van der Waals surface area (Å²) in [6.45, 7) is 0. The predicted molar refractivity (Wildman–Crippen MR) is 91.0 cm³/mol. The van der Waals surface area contributed by atoms with Crippen molar-refractivity contribution in [3.05, 3.63) is 57.2 Å². The molecule has 3 nitrogen and oxygen atoms in total. The maximum absolute atomic E-state index is 9.41. The summed E-state index contributed by atoms with van der Waals surface area (Å²) in [5, 5.41) is 9.41. The van der Waals surface area contributed by atoms with Crippen molar-refractivity contribution < 1.29 is 0 Å². The molecule has 3 rings (SSSR count). The third kappa shape index (κ3) is 2.53. The number of fused-ring (bicyclic) bond motifs is 1. The Morgan fingerprint density at radius 2 is 2.05 bits per heavy atom. The molecule has 1 atom stereocenters. The SMILES string of the molecule is Cn1c(N)c(C#N)c2c(c1=S)C[C@@H](Cc1ccccc1)CC2. The molecule has 0 saturated carbocycles. The monoisotopic (exact) mass is 309 g/mol. The minimum atomic E-state index is 0.493. The fourth-order valence-corrected chi connectivity index (χ4v) is 3.69. The number of aromatic nitrogens is 1. The van der Waals surface area contributed by atoms with E-state index in [1.54, 1.807) is 4.57 Å². The molecule has 1 aliphatic rings. The molecule has 2 aromatic rings. The molecule has 112 valence electrons. The molecule has 1 aromatic heterocycles. The molecule has 0 saturated heterocycles. The van der Waals surface area contributed by atoms with Crippen molar-refractivity contribution in [2.24, 2.45) is 13.0 Å². The highest BCUT2D eigenvalue weighted by molar-refractivity contribution is 7.71. The second-order valence-electron chi connectivity index (χ2n) is 5.99. The van der Waals surface area contributed by atoms with Gasteiger partial charge in [-0.1, -0.05) is 42.5 Å². The molecule has 0 amide bonds. The molecule has 1 aromatic carbocycles. The van der Waals surface area contributed by atoms with Gasteiger partial charge in [0.15, 0.2) is 0 Å². The van der Waals surface area contributed by atoms with Gasteiger partial charge in [-0.2, -0.15) is 5.26 Å². The Kier molecular flexibility index (Phi) is 4.00. The molecule has 1 heterocycles. The van der Waals surface area contributed by atoms with Crippen LogP contribution in [0.5, 0.6) is 0 Å². The normalized spacial score (nSPS) is 16.8. The lowest BCUT2D eigenvalue weighted by atomic mass is 9.80. The molecule has 0 bridgehead atoms. The Labute approximate surface area is 136 Å². The highest BCUT2D eigenvalue weighted by Crippen LogP contribution is 2.33. The van der Waals surface area contributed by atoms with E-state index in [1.807, 2.05) is 13.1 Å². The Morgan fingerprint density at radius 3 is 2.73 bits per heavy atom. The number of rotatable bonds is 2. The zero-order chi connectivity index (χ0) is 15.7. The van der Waals surface area contributed by atoms with Crippen molar-refractivity contribution in [3.63, 3.8) is 0 Å². The minimum Gasteiger partial charge on any atom is -0.384 e. The molecule has 22 heavy (non-hydrogen) atoms. The highest BCUT2D eigenvalue weighted by Gasteiger charge is 2.25. The van der Waals surface area contributed by atoms with Crippen molar-refractivity contribution in [2.45, 2.75) is 25.7 Å². The third-order valence-electron chi connectivity index (χ3n) is 4.62. The number of hydrogen-bond donors (Lipinski definition) is 1. The summed E-state index contributed by atoms with van der Waals surface area (Å²) in [6.07, 6.45) is 3.97. The van der Waals surface area contributed by atoms with Gasteiger partial charge < -0.3 is 10.3 Å². The number of benzene rings is 1. The van der Waals surface area contributed by atoms with Crippen LogP contribution in [0.15, 0.2) is 30.3 Å². The van der Waals surface area contributed by atoms with Gasteiger partial charge in [0.05, 0.1) is 5.56 Å². The molecular formula is C18H19N3S. The number of pyridine rings is 1. The van der Waals surface area contributed by atoms with Gasteiger partial charge in [0.1, 0.15) is 16.5 Å². The van der Waals surface area contributed by atoms with Gasteiger partial charge in [-0.15, -0.1) is 0 Å². The minimum absolute atomic E-state index is 0.493. The summed E-state index contributed by atoms with van der Waals surface area (Å²) in [7, 11) is 1.85. The third-order valence-corrected chi connectivity index (χ3v) is 5.14. The lowest BCUT2D eigenvalue weighted by molar-refractivity contribution is 0.452. The van der Waals surface area contributed by atoms with E-state index in [0.29, 0.717) is 17.3 Å². The maximum atomic E-state index is 9.41. The summed E-state index contributed by atoms with van der Waals surface area (Å²) in [5.41, 5.74) is 10.3. The van der Waals surface area contributed by atoms with Gasteiger partial charge in [-0.05, 0) is 48.3 Å². The van der Waals surface area contributed by atoms with Gasteiger partial charge in [0.2, 0.25) is 0 Å². The molecule has 2 N–H and O–H groups in total. The van der Waals surface area contributed by atoms with Crippen LogP contribution in [-0.4, -0.2) is 4.57 Å². The quantitative estimate of drug-likeness (QED) is 0.863. The van der Waals surface area contributed by atoms with Crippen LogP contribution in [0.4, 0.5) is 5.82 Å². The van der Waals surface area contributed by atoms with E-state index in [4.69, 9.17) is 18.0 Å². The van der Waals surface area contributed by atoms with E-state index in [1.165, 1.54) is 5.56 Å². The summed E-state index contributed by atoms with van der Waals surface area (Å²) in [6, 6.07) is 12.8. The number of nitrogen functional groups attached to an aromatic ring is 1. The lowest BCUT2D eigenvalue weighted by Crippen LogP contribution is -2.21. The van der Waals surface area contributed by atoms with E-state index in [9.17, 15) is 5.26 Å². The first kappa shape index (κ1) is 14.8. The van der Waals surface area contributed by atoms with Crippen LogP contribution in [0, 0.1) is 21.9 Å². The van der Waals surface area contributed by atoms with Crippen LogP contribution < -0.4 is 5.73 Å². The van der Waals surface area contributed by atoms with E-state index in [-0.39, 0.29) is 0 Å². The highest BCUT2D eigenvalue weighted by atomic mass is 32.1. The Balaban J connectivity index is 1.95. The molecule has 1 aliphatic carbocycles. The molecule has 0 unspecified atom stereocenters. The summed E-state index contributed by atoms with van der Waals surface area (Å²) in [4.78, 5) is 0. The second-order valence-corrected chi connectivity index (χ2v) is 6.38. The molecule has 4 heteroatoms. The zero-order valence-corrected chi connectivity index (χ0v) is 13.5. The van der Waals surface area contributed by atoms with Crippen LogP contribution in [0.1, 0.15) is 28.7 Å². The molecule has 0 aliphatic heterocycles. The Bertz CT molecular complexity index is 800. The number of nitrogens with zero attached hydrogens (tertiary/aromatic N) is 2. The van der Waals surface area contributed by atoms with Crippen molar-refractivity contribution >= 4 is 18.0 Å². The first-order chi connectivity index (χ1) is 10.6. The van der Waals surface area contributed by atoms with Gasteiger partial charge >= 0.3 is 0 Å². The van der Waals surface area contributed by atoms with Crippen LogP contribution in [-0.2, 0) is 26.3 Å². The largest absolute Gasteiger partial charge is 0.384 e. The summed E-state index contributed by atoms with van der Waals surface area (Å²) < 4.78 is 2.56. The van der Waals surface area contributed by atoms with E-state index in [0.717, 1.165) is 41.5 Å². The van der Waals surface area contributed by atoms with Crippen LogP contribution >= 0.6 is 12.2 Å². The fraction of sp³-hybridized carbons (Fsp3) is 0.333. The van der Waals surface area contributed by atoms with E-state index < -0.39 is 0 Å². The predicted octanol–water partition coefficient (Wildman–Crippen LogP) is 3.56. The number of anilines is 1. The van der Waals surface area contributed by atoms with Crippen molar-refractivity contribution in [1.82, 2.24) is 4.57 Å². The topological polar surface area (TPSA) is 54.7 Å². The van der Waals surface area contributed by atoms with Crippen molar-refractivity contribution in [1.29, 1.82) is 5.26 Å². The summed E-state index contributed by atoms with van der Waals surface area (Å²) >= 11 is 5.57. The molecule has 0 spiro atoms. The number of hydrogen-bond acceptors (Lipinski definition) is 3. The smallest absolute Gasteiger partial charge is 0.122 e. The average molecular weight is 309 g/mol. The van der Waals surface area contributed by atoms with Crippen LogP contribution in [0.25, 0.3) is 0 Å². The first-order valence-corrected chi connectivity index (χ1v) is 7.97. The van der Waals surface area contributed by atoms with Gasteiger partial charge in [0.25, 0.3) is 0 Å². The number of nitrogens with two attached hydrogens (primary N) is 1. The van der Waals surface area contributed by atoms with Gasteiger partial charge in [-0.3, -0.25) is 0 Å². The summed E-state index contributed by atoms with van der Waals surface area (Å²) in [5.74, 6) is 1.07. The van der Waals surface area contributed by atoms with Crippen LogP contribution in [0.2, 0.25) is 0 Å². The van der Waals surface area contributed by atoms with Crippen molar-refractivity contribution in [3.8, 4) is 6.07 Å². The lowest BCUT2D eigenvalue weighted by Gasteiger charge is -2.27. The Morgan fingerprint density at radius 1 is 1.32 bits per heavy atom. The average Bonchev–Trinajstić information content (AvgIpc) is 2.55. The Hall–Kier alpha value is -2.12. The molecule has 0 fully saturated rings.